The topological polar surface area (TPSA) is 54.6 Å². The van der Waals surface area contributed by atoms with E-state index in [1.165, 1.54) is 5.56 Å². The standard InChI is InChI=1S/C30H30N2O3/c1-20(2)17-28(33)32-16-15-25-26-18-24(34-3)13-14-27(26)31-29(25)30(32)22-9-11-23(12-10-22)35-19-21-7-5-4-6-8-21/h4-14,17-18,30-31H,15-16,19H2,1-3H3. The number of nitrogens with one attached hydrogen (secondary N) is 1. The van der Waals surface area contributed by atoms with Crippen molar-refractivity contribution >= 4 is 16.8 Å². The molecule has 0 saturated heterocycles. The number of allylic oxidation sites excluding steroid dienone is 1. The molecule has 178 valence electrons. The fourth-order valence-electron chi connectivity index (χ4n) is 4.80. The molecule has 1 amide bonds. The lowest BCUT2D eigenvalue weighted by molar-refractivity contribution is -0.128. The van der Waals surface area contributed by atoms with Gasteiger partial charge in [-0.2, -0.15) is 0 Å². The predicted molar refractivity (Wildman–Crippen MR) is 139 cm³/mol. The van der Waals surface area contributed by atoms with Gasteiger partial charge in [0.05, 0.1) is 13.2 Å². The van der Waals surface area contributed by atoms with E-state index in [9.17, 15) is 4.79 Å². The van der Waals surface area contributed by atoms with Gasteiger partial charge < -0.3 is 19.4 Å². The molecular weight excluding hydrogens is 436 g/mol. The molecule has 1 N–H and O–H groups in total. The van der Waals surface area contributed by atoms with Crippen LogP contribution in [0, 0.1) is 0 Å². The molecule has 1 aliphatic heterocycles. The van der Waals surface area contributed by atoms with Gasteiger partial charge in [-0.25, -0.2) is 0 Å². The summed E-state index contributed by atoms with van der Waals surface area (Å²) >= 11 is 0. The Morgan fingerprint density at radius 1 is 1.03 bits per heavy atom. The van der Waals surface area contributed by atoms with Gasteiger partial charge in [-0.15, -0.1) is 0 Å². The molecular formula is C30H30N2O3. The second kappa shape index (κ2) is 9.71. The third kappa shape index (κ3) is 4.67. The molecule has 1 aromatic heterocycles. The van der Waals surface area contributed by atoms with Gasteiger partial charge in [-0.3, -0.25) is 4.79 Å². The van der Waals surface area contributed by atoms with E-state index in [1.807, 2.05) is 61.2 Å². The fraction of sp³-hybridized carbons (Fsp3) is 0.233. The summed E-state index contributed by atoms with van der Waals surface area (Å²) in [5.74, 6) is 1.66. The van der Waals surface area contributed by atoms with Crippen LogP contribution in [0.4, 0.5) is 0 Å². The van der Waals surface area contributed by atoms with Crippen LogP contribution in [0.25, 0.3) is 10.9 Å². The number of aromatic nitrogens is 1. The first-order chi connectivity index (χ1) is 17.0. The van der Waals surface area contributed by atoms with Crippen molar-refractivity contribution < 1.29 is 14.3 Å². The van der Waals surface area contributed by atoms with E-state index in [-0.39, 0.29) is 11.9 Å². The first-order valence-electron chi connectivity index (χ1n) is 11.9. The van der Waals surface area contributed by atoms with Crippen molar-refractivity contribution in [2.75, 3.05) is 13.7 Å². The van der Waals surface area contributed by atoms with E-state index >= 15 is 0 Å². The largest absolute Gasteiger partial charge is 0.497 e. The number of H-pyrrole nitrogens is 1. The van der Waals surface area contributed by atoms with Crippen LogP contribution in [-0.2, 0) is 17.8 Å². The van der Waals surface area contributed by atoms with Crippen LogP contribution in [-0.4, -0.2) is 29.4 Å². The van der Waals surface area contributed by atoms with Gasteiger partial charge in [0, 0.05) is 29.2 Å². The van der Waals surface area contributed by atoms with Gasteiger partial charge in [0.2, 0.25) is 5.91 Å². The molecule has 5 nitrogen and oxygen atoms in total. The normalized spacial score (nSPS) is 14.9. The van der Waals surface area contributed by atoms with Crippen LogP contribution in [0.1, 0.15) is 42.3 Å². The molecule has 5 heteroatoms. The average Bonchev–Trinajstić information content (AvgIpc) is 3.25. The van der Waals surface area contributed by atoms with Gasteiger partial charge >= 0.3 is 0 Å². The molecule has 0 radical (unpaired) electrons. The van der Waals surface area contributed by atoms with Gasteiger partial charge in [-0.1, -0.05) is 48.0 Å². The number of hydrogen-bond donors (Lipinski definition) is 1. The van der Waals surface area contributed by atoms with Crippen LogP contribution in [0.15, 0.2) is 84.4 Å². The molecule has 35 heavy (non-hydrogen) atoms. The van der Waals surface area contributed by atoms with E-state index in [4.69, 9.17) is 9.47 Å². The molecule has 3 aromatic carbocycles. The zero-order valence-electron chi connectivity index (χ0n) is 20.4. The highest BCUT2D eigenvalue weighted by atomic mass is 16.5. The Morgan fingerprint density at radius 3 is 2.49 bits per heavy atom. The first kappa shape index (κ1) is 22.8. The Labute approximate surface area is 206 Å². The number of benzene rings is 3. The Kier molecular flexibility index (Phi) is 6.32. The van der Waals surface area contributed by atoms with Crippen molar-refractivity contribution in [1.29, 1.82) is 0 Å². The summed E-state index contributed by atoms with van der Waals surface area (Å²) in [5, 5.41) is 1.15. The summed E-state index contributed by atoms with van der Waals surface area (Å²) < 4.78 is 11.5. The molecule has 5 rings (SSSR count). The zero-order chi connectivity index (χ0) is 24.4. The monoisotopic (exact) mass is 466 g/mol. The van der Waals surface area contributed by atoms with Gasteiger partial charge in [-0.05, 0) is 67.3 Å². The number of carbonyl (C=O) groups excluding carboxylic acids is 1. The Bertz CT molecular complexity index is 1370. The molecule has 1 aliphatic rings. The summed E-state index contributed by atoms with van der Waals surface area (Å²) in [7, 11) is 1.68. The third-order valence-electron chi connectivity index (χ3n) is 6.47. The van der Waals surface area contributed by atoms with Crippen molar-refractivity contribution in [3.8, 4) is 11.5 Å². The molecule has 0 bridgehead atoms. The molecule has 4 aromatic rings. The van der Waals surface area contributed by atoms with E-state index in [1.54, 1.807) is 13.2 Å². The number of nitrogens with zero attached hydrogens (tertiary/aromatic N) is 1. The van der Waals surface area contributed by atoms with E-state index < -0.39 is 0 Å². The highest BCUT2D eigenvalue weighted by molar-refractivity contribution is 5.91. The average molecular weight is 467 g/mol. The zero-order valence-corrected chi connectivity index (χ0v) is 20.4. The van der Waals surface area contributed by atoms with Crippen LogP contribution in [0.2, 0.25) is 0 Å². The second-order valence-electron chi connectivity index (χ2n) is 9.18. The minimum atomic E-state index is -0.205. The summed E-state index contributed by atoms with van der Waals surface area (Å²) in [6.45, 7) is 5.08. The minimum absolute atomic E-state index is 0.0290. The summed E-state index contributed by atoms with van der Waals surface area (Å²) in [5.41, 5.74) is 6.53. The third-order valence-corrected chi connectivity index (χ3v) is 6.47. The van der Waals surface area contributed by atoms with Crippen molar-refractivity contribution in [3.05, 3.63) is 107 Å². The summed E-state index contributed by atoms with van der Waals surface area (Å²) in [6, 6.07) is 24.1. The molecule has 0 aliphatic carbocycles. The lowest BCUT2D eigenvalue weighted by atomic mass is 9.92. The minimum Gasteiger partial charge on any atom is -0.497 e. The van der Waals surface area contributed by atoms with Gasteiger partial charge in [0.15, 0.2) is 0 Å². The highest BCUT2D eigenvalue weighted by Gasteiger charge is 2.34. The number of carbonyl (C=O) groups is 1. The Morgan fingerprint density at radius 2 is 1.77 bits per heavy atom. The molecule has 0 saturated carbocycles. The predicted octanol–water partition coefficient (Wildman–Crippen LogP) is 6.20. The maximum Gasteiger partial charge on any atom is 0.247 e. The van der Waals surface area contributed by atoms with Crippen LogP contribution >= 0.6 is 0 Å². The van der Waals surface area contributed by atoms with Crippen molar-refractivity contribution in [3.63, 3.8) is 0 Å². The molecule has 0 fully saturated rings. The molecule has 1 unspecified atom stereocenters. The van der Waals surface area contributed by atoms with E-state index in [2.05, 4.69) is 35.3 Å². The quantitative estimate of drug-likeness (QED) is 0.345. The van der Waals surface area contributed by atoms with Crippen LogP contribution in [0.5, 0.6) is 11.5 Å². The van der Waals surface area contributed by atoms with Gasteiger partial charge in [0.1, 0.15) is 18.1 Å². The van der Waals surface area contributed by atoms with Crippen molar-refractivity contribution in [2.24, 2.45) is 0 Å². The maximum atomic E-state index is 13.2. The lowest BCUT2D eigenvalue weighted by Gasteiger charge is -2.36. The van der Waals surface area contributed by atoms with Gasteiger partial charge in [0.25, 0.3) is 0 Å². The Hall–Kier alpha value is -3.99. The van der Waals surface area contributed by atoms with Crippen molar-refractivity contribution in [2.45, 2.75) is 32.9 Å². The van der Waals surface area contributed by atoms with Crippen LogP contribution in [0.3, 0.4) is 0 Å². The number of fused-ring (bicyclic) bond motifs is 3. The highest BCUT2D eigenvalue weighted by Crippen LogP contribution is 2.40. The number of hydrogen-bond acceptors (Lipinski definition) is 3. The fourth-order valence-corrected chi connectivity index (χ4v) is 4.80. The number of aromatic amines is 1. The summed E-state index contributed by atoms with van der Waals surface area (Å²) in [6.07, 6.45) is 2.51. The molecule has 1 atom stereocenters. The number of methoxy groups -OCH3 is 1. The molecule has 0 spiro atoms. The van der Waals surface area contributed by atoms with E-state index in [0.29, 0.717) is 13.2 Å². The Balaban J connectivity index is 1.50. The maximum absolute atomic E-state index is 13.2. The molecule has 2 heterocycles. The van der Waals surface area contributed by atoms with Crippen LogP contribution < -0.4 is 9.47 Å². The number of amides is 1. The first-order valence-corrected chi connectivity index (χ1v) is 11.9. The SMILES string of the molecule is COc1ccc2[nH]c3c(c2c1)CCN(C(=O)C=C(C)C)C3c1ccc(OCc2ccccc2)cc1. The number of rotatable bonds is 6. The smallest absolute Gasteiger partial charge is 0.247 e. The second-order valence-corrected chi connectivity index (χ2v) is 9.18. The number of ether oxygens (including phenoxy) is 2. The van der Waals surface area contributed by atoms with E-state index in [0.717, 1.165) is 51.2 Å². The lowest BCUT2D eigenvalue weighted by Crippen LogP contribution is -2.39. The van der Waals surface area contributed by atoms with Crippen molar-refractivity contribution in [1.82, 2.24) is 9.88 Å². The summed E-state index contributed by atoms with van der Waals surface area (Å²) in [4.78, 5) is 18.8.